The molecular formula is C15H19N7O. The SMILES string of the molecule is CO[C@@H]1CN(Cc2c[nH]c3nccnc23)C[C@H]1c1cn(C)nn1. The number of nitrogens with one attached hydrogen (secondary N) is 1. The Balaban J connectivity index is 1.54. The van der Waals surface area contributed by atoms with Crippen molar-refractivity contribution in [3.8, 4) is 0 Å². The van der Waals surface area contributed by atoms with Crippen molar-refractivity contribution in [2.75, 3.05) is 20.2 Å². The fourth-order valence-electron chi connectivity index (χ4n) is 3.30. The van der Waals surface area contributed by atoms with E-state index in [1.54, 1.807) is 24.2 Å². The van der Waals surface area contributed by atoms with Gasteiger partial charge in [0.1, 0.15) is 5.52 Å². The van der Waals surface area contributed by atoms with Crippen molar-refractivity contribution < 1.29 is 4.74 Å². The van der Waals surface area contributed by atoms with Crippen molar-refractivity contribution in [3.05, 3.63) is 36.0 Å². The quantitative estimate of drug-likeness (QED) is 0.763. The Labute approximate surface area is 133 Å². The van der Waals surface area contributed by atoms with Gasteiger partial charge in [-0.25, -0.2) is 4.98 Å². The molecule has 1 N–H and O–H groups in total. The molecule has 0 radical (unpaired) electrons. The zero-order valence-electron chi connectivity index (χ0n) is 13.2. The number of ether oxygens (including phenoxy) is 1. The van der Waals surface area contributed by atoms with Crippen molar-refractivity contribution >= 4 is 11.2 Å². The molecular weight excluding hydrogens is 294 g/mol. The van der Waals surface area contributed by atoms with Gasteiger partial charge < -0.3 is 9.72 Å². The number of methoxy groups -OCH3 is 1. The third-order valence-electron chi connectivity index (χ3n) is 4.42. The van der Waals surface area contributed by atoms with Crippen LogP contribution in [-0.4, -0.2) is 61.1 Å². The predicted molar refractivity (Wildman–Crippen MR) is 83.7 cm³/mol. The fourth-order valence-corrected chi connectivity index (χ4v) is 3.30. The van der Waals surface area contributed by atoms with Gasteiger partial charge in [0.05, 0.1) is 11.8 Å². The summed E-state index contributed by atoms with van der Waals surface area (Å²) in [7, 11) is 3.64. The summed E-state index contributed by atoms with van der Waals surface area (Å²) in [6.07, 6.45) is 7.51. The molecule has 23 heavy (non-hydrogen) atoms. The molecule has 2 atom stereocenters. The van der Waals surface area contributed by atoms with Crippen LogP contribution in [0.2, 0.25) is 0 Å². The average Bonchev–Trinajstić information content (AvgIpc) is 3.26. The van der Waals surface area contributed by atoms with Crippen LogP contribution in [0.4, 0.5) is 0 Å². The number of rotatable bonds is 4. The molecule has 1 saturated heterocycles. The number of nitrogens with zero attached hydrogens (tertiary/aromatic N) is 6. The molecule has 120 valence electrons. The highest BCUT2D eigenvalue weighted by atomic mass is 16.5. The van der Waals surface area contributed by atoms with Gasteiger partial charge in [0.15, 0.2) is 5.65 Å². The Bertz CT molecular complexity index is 811. The lowest BCUT2D eigenvalue weighted by Gasteiger charge is -2.14. The number of hydrogen-bond donors (Lipinski definition) is 1. The molecule has 1 aliphatic heterocycles. The largest absolute Gasteiger partial charge is 0.379 e. The molecule has 3 aromatic rings. The average molecular weight is 313 g/mol. The summed E-state index contributed by atoms with van der Waals surface area (Å²) < 4.78 is 7.41. The van der Waals surface area contributed by atoms with E-state index in [9.17, 15) is 0 Å². The topological polar surface area (TPSA) is 84.8 Å². The van der Waals surface area contributed by atoms with Crippen molar-refractivity contribution in [1.82, 2.24) is 34.8 Å². The molecule has 4 heterocycles. The van der Waals surface area contributed by atoms with Gasteiger partial charge >= 0.3 is 0 Å². The molecule has 8 nitrogen and oxygen atoms in total. The van der Waals surface area contributed by atoms with E-state index in [4.69, 9.17) is 4.74 Å². The van der Waals surface area contributed by atoms with Gasteiger partial charge in [0.2, 0.25) is 0 Å². The van der Waals surface area contributed by atoms with Gasteiger partial charge in [0, 0.05) is 70.1 Å². The third kappa shape index (κ3) is 2.60. The van der Waals surface area contributed by atoms with Gasteiger partial charge in [-0.15, -0.1) is 5.10 Å². The van der Waals surface area contributed by atoms with Gasteiger partial charge in [-0.05, 0) is 0 Å². The zero-order chi connectivity index (χ0) is 15.8. The summed E-state index contributed by atoms with van der Waals surface area (Å²) >= 11 is 0. The molecule has 4 rings (SSSR count). The van der Waals surface area contributed by atoms with Crippen molar-refractivity contribution in [3.63, 3.8) is 0 Å². The highest BCUT2D eigenvalue weighted by molar-refractivity contribution is 5.74. The fraction of sp³-hybridized carbons (Fsp3) is 0.467. The summed E-state index contributed by atoms with van der Waals surface area (Å²) in [5.41, 5.74) is 3.91. The molecule has 0 aliphatic carbocycles. The lowest BCUT2D eigenvalue weighted by atomic mass is 10.0. The monoisotopic (exact) mass is 313 g/mol. The van der Waals surface area contributed by atoms with Crippen LogP contribution in [0.5, 0.6) is 0 Å². The smallest absolute Gasteiger partial charge is 0.156 e. The van der Waals surface area contributed by atoms with Crippen LogP contribution in [-0.2, 0) is 18.3 Å². The van der Waals surface area contributed by atoms with Gasteiger partial charge in [-0.1, -0.05) is 5.21 Å². The molecule has 1 fully saturated rings. The van der Waals surface area contributed by atoms with Crippen LogP contribution in [0.1, 0.15) is 17.2 Å². The second kappa shape index (κ2) is 5.71. The zero-order valence-corrected chi connectivity index (χ0v) is 13.2. The first-order valence-corrected chi connectivity index (χ1v) is 7.63. The molecule has 1 aliphatic rings. The van der Waals surface area contributed by atoms with Crippen LogP contribution in [0.3, 0.4) is 0 Å². The Morgan fingerprint density at radius 2 is 2.17 bits per heavy atom. The highest BCUT2D eigenvalue weighted by Crippen LogP contribution is 2.29. The second-order valence-electron chi connectivity index (χ2n) is 5.96. The minimum atomic E-state index is 0.128. The minimum Gasteiger partial charge on any atom is -0.379 e. The van der Waals surface area contributed by atoms with Crippen molar-refractivity contribution in [2.24, 2.45) is 7.05 Å². The lowest BCUT2D eigenvalue weighted by Crippen LogP contribution is -2.22. The molecule has 0 unspecified atom stereocenters. The van der Waals surface area contributed by atoms with Crippen LogP contribution in [0.15, 0.2) is 24.8 Å². The van der Waals surface area contributed by atoms with E-state index >= 15 is 0 Å². The molecule has 8 heteroatoms. The lowest BCUT2D eigenvalue weighted by molar-refractivity contribution is 0.0958. The Morgan fingerprint density at radius 1 is 1.30 bits per heavy atom. The van der Waals surface area contributed by atoms with Crippen LogP contribution >= 0.6 is 0 Å². The maximum Gasteiger partial charge on any atom is 0.156 e. The maximum atomic E-state index is 5.67. The summed E-state index contributed by atoms with van der Waals surface area (Å²) in [5.74, 6) is 0.241. The number of aryl methyl sites for hydroxylation is 1. The van der Waals surface area contributed by atoms with E-state index in [2.05, 4.69) is 30.2 Å². The number of likely N-dealkylation sites (tertiary alicyclic amines) is 1. The predicted octanol–water partition coefficient (Wildman–Crippen LogP) is 0.701. The first-order chi connectivity index (χ1) is 11.2. The van der Waals surface area contributed by atoms with Crippen molar-refractivity contribution in [2.45, 2.75) is 18.6 Å². The molecule has 3 aromatic heterocycles. The van der Waals surface area contributed by atoms with Gasteiger partial charge in [-0.2, -0.15) is 0 Å². The van der Waals surface area contributed by atoms with E-state index in [1.165, 1.54) is 0 Å². The normalized spacial score (nSPS) is 22.2. The molecule has 0 saturated carbocycles. The Morgan fingerprint density at radius 3 is 2.96 bits per heavy atom. The van der Waals surface area contributed by atoms with Gasteiger partial charge in [-0.3, -0.25) is 14.6 Å². The van der Waals surface area contributed by atoms with Crippen LogP contribution < -0.4 is 0 Å². The standard InChI is InChI=1S/C15H19N7O/c1-21-8-12(19-20-21)11-7-22(9-13(11)23-2)6-10-5-18-15-14(10)16-3-4-17-15/h3-5,8,11,13H,6-7,9H2,1-2H3,(H,17,18)/t11-,13+/m0/s1. The van der Waals surface area contributed by atoms with E-state index in [0.29, 0.717) is 0 Å². The maximum absolute atomic E-state index is 5.67. The molecule has 0 amide bonds. The summed E-state index contributed by atoms with van der Waals surface area (Å²) in [6.45, 7) is 2.57. The summed E-state index contributed by atoms with van der Waals surface area (Å²) in [6, 6.07) is 0. The summed E-state index contributed by atoms with van der Waals surface area (Å²) in [4.78, 5) is 14.3. The van der Waals surface area contributed by atoms with Gasteiger partial charge in [0.25, 0.3) is 0 Å². The number of aromatic nitrogens is 6. The number of H-pyrrole nitrogens is 1. The number of aromatic amines is 1. The number of fused-ring (bicyclic) bond motifs is 1. The van der Waals surface area contributed by atoms with E-state index < -0.39 is 0 Å². The molecule has 0 bridgehead atoms. The van der Waals surface area contributed by atoms with E-state index in [0.717, 1.165) is 42.1 Å². The highest BCUT2D eigenvalue weighted by Gasteiger charge is 2.35. The molecule has 0 aromatic carbocycles. The van der Waals surface area contributed by atoms with Crippen LogP contribution in [0, 0.1) is 0 Å². The minimum absolute atomic E-state index is 0.128. The summed E-state index contributed by atoms with van der Waals surface area (Å²) in [5, 5.41) is 8.30. The molecule has 0 spiro atoms. The number of hydrogen-bond acceptors (Lipinski definition) is 6. The first kappa shape index (κ1) is 14.3. The second-order valence-corrected chi connectivity index (χ2v) is 5.96. The Kier molecular flexibility index (Phi) is 3.55. The Hall–Kier alpha value is -2.32. The van der Waals surface area contributed by atoms with Crippen molar-refractivity contribution in [1.29, 1.82) is 0 Å². The van der Waals surface area contributed by atoms with E-state index in [-0.39, 0.29) is 12.0 Å². The third-order valence-corrected chi connectivity index (χ3v) is 4.42. The van der Waals surface area contributed by atoms with E-state index in [1.807, 2.05) is 19.4 Å². The first-order valence-electron chi connectivity index (χ1n) is 7.63. The van der Waals surface area contributed by atoms with Crippen LogP contribution in [0.25, 0.3) is 11.2 Å².